The molecule has 0 amide bonds. The summed E-state index contributed by atoms with van der Waals surface area (Å²) in [7, 11) is 0. The van der Waals surface area contributed by atoms with Gasteiger partial charge in [0.15, 0.2) is 0 Å². The summed E-state index contributed by atoms with van der Waals surface area (Å²) in [5.41, 5.74) is 6.18. The molecule has 0 radical (unpaired) electrons. The molecule has 0 aliphatic carbocycles. The first-order chi connectivity index (χ1) is 7.30. The number of carbonyl (C=O) groups is 1. The molecule has 1 rings (SSSR count). The van der Waals surface area contributed by atoms with E-state index in [-0.39, 0.29) is 0 Å². The minimum Gasteiger partial charge on any atom is -0.480 e. The molecule has 16 heavy (non-hydrogen) atoms. The Balaban J connectivity index is 2.76. The lowest BCUT2D eigenvalue weighted by Gasteiger charge is -2.18. The summed E-state index contributed by atoms with van der Waals surface area (Å²) in [6, 6.07) is 6.26. The number of aliphatic carboxylic acids is 1. The standard InChI is InChI=1S/C12H17NO3/c1-12(2,16)9-5-3-8(4-6-9)7-10(13)11(14)15/h3-6,10,16H,7,13H2,1-2H3,(H,14,15). The molecule has 0 aromatic heterocycles. The summed E-state index contributed by atoms with van der Waals surface area (Å²) >= 11 is 0. The van der Waals surface area contributed by atoms with Crippen LogP contribution in [0.15, 0.2) is 24.3 Å². The first kappa shape index (κ1) is 12.7. The molecule has 0 fully saturated rings. The van der Waals surface area contributed by atoms with Gasteiger partial charge in [-0.1, -0.05) is 24.3 Å². The molecule has 4 N–H and O–H groups in total. The molecule has 4 nitrogen and oxygen atoms in total. The lowest BCUT2D eigenvalue weighted by molar-refractivity contribution is -0.138. The van der Waals surface area contributed by atoms with Gasteiger partial charge in [0, 0.05) is 0 Å². The summed E-state index contributed by atoms with van der Waals surface area (Å²) in [5, 5.41) is 18.4. The average Bonchev–Trinajstić information content (AvgIpc) is 2.17. The van der Waals surface area contributed by atoms with E-state index in [1.807, 2.05) is 0 Å². The van der Waals surface area contributed by atoms with Gasteiger partial charge in [-0.3, -0.25) is 4.79 Å². The molecule has 88 valence electrons. The van der Waals surface area contributed by atoms with Crippen LogP contribution in [-0.4, -0.2) is 22.2 Å². The van der Waals surface area contributed by atoms with Crippen LogP contribution in [0.5, 0.6) is 0 Å². The molecule has 4 heteroatoms. The highest BCUT2D eigenvalue weighted by Crippen LogP contribution is 2.19. The van der Waals surface area contributed by atoms with E-state index in [4.69, 9.17) is 10.8 Å². The highest BCUT2D eigenvalue weighted by Gasteiger charge is 2.16. The molecule has 0 bridgehead atoms. The topological polar surface area (TPSA) is 83.5 Å². The monoisotopic (exact) mass is 223 g/mol. The largest absolute Gasteiger partial charge is 0.480 e. The molecule has 0 aliphatic heterocycles. The molecule has 1 atom stereocenters. The summed E-state index contributed by atoms with van der Waals surface area (Å²) in [6.45, 7) is 3.40. The van der Waals surface area contributed by atoms with Crippen molar-refractivity contribution in [2.24, 2.45) is 5.73 Å². The summed E-state index contributed by atoms with van der Waals surface area (Å²) in [6.07, 6.45) is 0.293. The number of carboxylic acid groups (broad SMARTS) is 1. The summed E-state index contributed by atoms with van der Waals surface area (Å²) < 4.78 is 0. The van der Waals surface area contributed by atoms with Gasteiger partial charge in [-0.2, -0.15) is 0 Å². The molecule has 1 aromatic carbocycles. The predicted octanol–water partition coefficient (Wildman–Crippen LogP) is 0.868. The fourth-order valence-electron chi connectivity index (χ4n) is 1.39. The zero-order chi connectivity index (χ0) is 12.3. The van der Waals surface area contributed by atoms with Crippen molar-refractivity contribution in [2.45, 2.75) is 31.9 Å². The Bertz CT molecular complexity index is 365. The highest BCUT2D eigenvalue weighted by molar-refractivity contribution is 5.73. The van der Waals surface area contributed by atoms with E-state index in [1.165, 1.54) is 0 Å². The van der Waals surface area contributed by atoms with Gasteiger partial charge in [0.1, 0.15) is 6.04 Å². The van der Waals surface area contributed by atoms with Crippen molar-refractivity contribution >= 4 is 5.97 Å². The zero-order valence-electron chi connectivity index (χ0n) is 9.47. The third-order valence-electron chi connectivity index (χ3n) is 2.43. The maximum atomic E-state index is 10.6. The van der Waals surface area contributed by atoms with E-state index in [1.54, 1.807) is 38.1 Å². The minimum atomic E-state index is -1.01. The second kappa shape index (κ2) is 4.63. The molecular weight excluding hydrogens is 206 g/mol. The Hall–Kier alpha value is -1.39. The number of nitrogens with two attached hydrogens (primary N) is 1. The SMILES string of the molecule is CC(C)(O)c1ccc(CC(N)C(=O)O)cc1. The molecule has 0 saturated carbocycles. The Labute approximate surface area is 94.7 Å². The van der Waals surface area contributed by atoms with Crippen LogP contribution < -0.4 is 5.73 Å². The minimum absolute atomic E-state index is 0.293. The smallest absolute Gasteiger partial charge is 0.320 e. The first-order valence-corrected chi connectivity index (χ1v) is 5.11. The van der Waals surface area contributed by atoms with E-state index >= 15 is 0 Å². The third kappa shape index (κ3) is 3.32. The normalized spacial score (nSPS) is 13.5. The van der Waals surface area contributed by atoms with Gasteiger partial charge in [0.2, 0.25) is 0 Å². The lowest BCUT2D eigenvalue weighted by Crippen LogP contribution is -2.32. The van der Waals surface area contributed by atoms with Crippen LogP contribution in [0.4, 0.5) is 0 Å². The van der Waals surface area contributed by atoms with Crippen LogP contribution in [0.2, 0.25) is 0 Å². The van der Waals surface area contributed by atoms with E-state index in [2.05, 4.69) is 0 Å². The molecule has 0 heterocycles. The van der Waals surface area contributed by atoms with Crippen LogP contribution >= 0.6 is 0 Å². The van der Waals surface area contributed by atoms with E-state index < -0.39 is 17.6 Å². The van der Waals surface area contributed by atoms with Gasteiger partial charge in [-0.05, 0) is 31.4 Å². The summed E-state index contributed by atoms with van der Waals surface area (Å²) in [5.74, 6) is -1.01. The predicted molar refractivity (Wildman–Crippen MR) is 61.0 cm³/mol. The van der Waals surface area contributed by atoms with E-state index in [0.29, 0.717) is 6.42 Å². The van der Waals surface area contributed by atoms with Crippen LogP contribution in [0, 0.1) is 0 Å². The van der Waals surface area contributed by atoms with Crippen molar-refractivity contribution in [2.75, 3.05) is 0 Å². The van der Waals surface area contributed by atoms with Gasteiger partial charge < -0.3 is 15.9 Å². The number of hydrogen-bond donors (Lipinski definition) is 3. The van der Waals surface area contributed by atoms with Crippen molar-refractivity contribution < 1.29 is 15.0 Å². The molecule has 0 saturated heterocycles. The lowest BCUT2D eigenvalue weighted by atomic mass is 9.96. The molecule has 0 aliphatic rings. The fraction of sp³-hybridized carbons (Fsp3) is 0.417. The van der Waals surface area contributed by atoms with Gasteiger partial charge in [0.25, 0.3) is 0 Å². The zero-order valence-corrected chi connectivity index (χ0v) is 9.47. The first-order valence-electron chi connectivity index (χ1n) is 5.11. The van der Waals surface area contributed by atoms with Crippen molar-refractivity contribution in [3.05, 3.63) is 35.4 Å². The maximum Gasteiger partial charge on any atom is 0.320 e. The van der Waals surface area contributed by atoms with Gasteiger partial charge in [-0.15, -0.1) is 0 Å². The Morgan fingerprint density at radius 1 is 1.38 bits per heavy atom. The average molecular weight is 223 g/mol. The van der Waals surface area contributed by atoms with Crippen molar-refractivity contribution in [3.63, 3.8) is 0 Å². The van der Waals surface area contributed by atoms with Gasteiger partial charge >= 0.3 is 5.97 Å². The van der Waals surface area contributed by atoms with Gasteiger partial charge in [-0.25, -0.2) is 0 Å². The van der Waals surface area contributed by atoms with Gasteiger partial charge in [0.05, 0.1) is 5.60 Å². The number of hydrogen-bond acceptors (Lipinski definition) is 3. The fourth-order valence-corrected chi connectivity index (χ4v) is 1.39. The Morgan fingerprint density at radius 3 is 2.25 bits per heavy atom. The molecule has 1 unspecified atom stereocenters. The Morgan fingerprint density at radius 2 is 1.88 bits per heavy atom. The maximum absolute atomic E-state index is 10.6. The van der Waals surface area contributed by atoms with E-state index in [0.717, 1.165) is 11.1 Å². The van der Waals surface area contributed by atoms with Crippen molar-refractivity contribution in [1.82, 2.24) is 0 Å². The highest BCUT2D eigenvalue weighted by atomic mass is 16.4. The number of rotatable bonds is 4. The number of carboxylic acids is 1. The second-order valence-electron chi connectivity index (χ2n) is 4.40. The van der Waals surface area contributed by atoms with Crippen molar-refractivity contribution in [1.29, 1.82) is 0 Å². The van der Waals surface area contributed by atoms with Crippen LogP contribution in [-0.2, 0) is 16.8 Å². The Kier molecular flexibility index (Phi) is 3.67. The van der Waals surface area contributed by atoms with Crippen LogP contribution in [0.1, 0.15) is 25.0 Å². The van der Waals surface area contributed by atoms with Crippen LogP contribution in [0.25, 0.3) is 0 Å². The second-order valence-corrected chi connectivity index (χ2v) is 4.40. The molecule has 1 aromatic rings. The summed E-state index contributed by atoms with van der Waals surface area (Å²) in [4.78, 5) is 10.6. The van der Waals surface area contributed by atoms with E-state index in [9.17, 15) is 9.90 Å². The molecule has 0 spiro atoms. The number of benzene rings is 1. The number of aliphatic hydroxyl groups is 1. The third-order valence-corrected chi connectivity index (χ3v) is 2.43. The quantitative estimate of drug-likeness (QED) is 0.707. The van der Waals surface area contributed by atoms with Crippen molar-refractivity contribution in [3.8, 4) is 0 Å². The van der Waals surface area contributed by atoms with Crippen LogP contribution in [0.3, 0.4) is 0 Å². The molecular formula is C12H17NO3.